The summed E-state index contributed by atoms with van der Waals surface area (Å²) >= 11 is 0. The van der Waals surface area contributed by atoms with Gasteiger partial charge in [0.25, 0.3) is 5.60 Å². The Hall–Kier alpha value is -2.01. The lowest BCUT2D eigenvalue weighted by Crippen LogP contribution is -2.40. The monoisotopic (exact) mass is 262 g/mol. The van der Waals surface area contributed by atoms with Crippen LogP contribution in [0.5, 0.6) is 0 Å². The minimum Gasteiger partial charge on any atom is -0.463 e. The van der Waals surface area contributed by atoms with Gasteiger partial charge in [-0.2, -0.15) is 0 Å². The minimum atomic E-state index is -1.79. The summed E-state index contributed by atoms with van der Waals surface area (Å²) in [7, 11) is 0. The minimum absolute atomic E-state index is 0.122. The normalized spacial score (nSPS) is 24.6. The predicted octanol–water partition coefficient (Wildman–Crippen LogP) is 1.16. The fraction of sp³-hybridized carbons (Fsp3) is 0.357. The molecule has 1 aliphatic rings. The molecular weight excluding hydrogens is 248 g/mol. The highest BCUT2D eigenvalue weighted by molar-refractivity contribution is 6.22. The molecule has 1 fully saturated rings. The molecule has 0 radical (unpaired) electrons. The van der Waals surface area contributed by atoms with Crippen LogP contribution < -0.4 is 0 Å². The molecule has 5 heteroatoms. The first-order chi connectivity index (χ1) is 9.04. The maximum atomic E-state index is 12.4. The molecule has 0 saturated carbocycles. The van der Waals surface area contributed by atoms with Gasteiger partial charge in [-0.05, 0) is 13.8 Å². The van der Waals surface area contributed by atoms with Gasteiger partial charge in [0.05, 0.1) is 6.61 Å². The molecule has 0 aromatic heterocycles. The molecule has 5 nitrogen and oxygen atoms in total. The lowest BCUT2D eigenvalue weighted by molar-refractivity contribution is -0.147. The largest absolute Gasteiger partial charge is 0.463 e. The Morgan fingerprint density at radius 1 is 1.26 bits per heavy atom. The summed E-state index contributed by atoms with van der Waals surface area (Å²) in [5.74, 6) is -1.70. The van der Waals surface area contributed by atoms with Crippen LogP contribution in [-0.4, -0.2) is 35.8 Å². The molecule has 1 saturated heterocycles. The average molecular weight is 262 g/mol. The van der Waals surface area contributed by atoms with E-state index in [2.05, 4.69) is 0 Å². The van der Waals surface area contributed by atoms with Gasteiger partial charge in [-0.15, -0.1) is 0 Å². The van der Waals surface area contributed by atoms with E-state index in [0.29, 0.717) is 5.56 Å². The maximum absolute atomic E-state index is 12.4. The molecule has 1 aromatic rings. The number of rotatable bonds is 5. The number of ether oxygens (including phenoxy) is 2. The average Bonchev–Trinajstić information content (AvgIpc) is 3.16. The van der Waals surface area contributed by atoms with Crippen LogP contribution in [-0.2, 0) is 19.1 Å². The number of hydrogen-bond acceptors (Lipinski definition) is 5. The number of benzene rings is 1. The van der Waals surface area contributed by atoms with E-state index >= 15 is 0 Å². The topological polar surface area (TPSA) is 73.0 Å². The Bertz CT molecular complexity index is 522. The summed E-state index contributed by atoms with van der Waals surface area (Å²) in [4.78, 5) is 35.7. The predicted molar refractivity (Wildman–Crippen MR) is 65.7 cm³/mol. The Kier molecular flexibility index (Phi) is 3.48. The molecule has 0 spiro atoms. The van der Waals surface area contributed by atoms with Crippen LogP contribution in [0.25, 0.3) is 0 Å². The van der Waals surface area contributed by atoms with Gasteiger partial charge in [-0.1, -0.05) is 30.3 Å². The molecule has 0 aliphatic carbocycles. The fourth-order valence-corrected chi connectivity index (χ4v) is 1.98. The van der Waals surface area contributed by atoms with Crippen LogP contribution in [0.4, 0.5) is 0 Å². The van der Waals surface area contributed by atoms with Crippen LogP contribution >= 0.6 is 0 Å². The second-order valence-corrected chi connectivity index (χ2v) is 4.26. The van der Waals surface area contributed by atoms with Crippen molar-refractivity contribution in [3.05, 3.63) is 35.9 Å². The lowest BCUT2D eigenvalue weighted by Gasteiger charge is -2.10. The molecule has 100 valence electrons. The molecule has 0 amide bonds. The van der Waals surface area contributed by atoms with Crippen molar-refractivity contribution in [1.29, 1.82) is 0 Å². The van der Waals surface area contributed by atoms with Crippen molar-refractivity contribution in [2.24, 2.45) is 0 Å². The maximum Gasteiger partial charge on any atom is 0.350 e. The van der Waals surface area contributed by atoms with E-state index in [1.165, 1.54) is 6.92 Å². The Balaban J connectivity index is 2.33. The van der Waals surface area contributed by atoms with Crippen molar-refractivity contribution in [3.63, 3.8) is 0 Å². The van der Waals surface area contributed by atoms with Crippen molar-refractivity contribution in [2.45, 2.75) is 25.6 Å². The van der Waals surface area contributed by atoms with Crippen LogP contribution in [0.2, 0.25) is 0 Å². The molecular formula is C14H14O5. The van der Waals surface area contributed by atoms with E-state index in [1.807, 2.05) is 0 Å². The van der Waals surface area contributed by atoms with Gasteiger partial charge in [-0.3, -0.25) is 9.59 Å². The van der Waals surface area contributed by atoms with Crippen LogP contribution in [0.1, 0.15) is 24.2 Å². The van der Waals surface area contributed by atoms with Crippen LogP contribution in [0.15, 0.2) is 30.3 Å². The third-order valence-corrected chi connectivity index (χ3v) is 2.94. The summed E-state index contributed by atoms with van der Waals surface area (Å²) in [5, 5.41) is 0. The molecule has 2 atom stereocenters. The summed E-state index contributed by atoms with van der Waals surface area (Å²) in [6.45, 7) is 3.03. The molecule has 19 heavy (non-hydrogen) atoms. The second kappa shape index (κ2) is 4.93. The van der Waals surface area contributed by atoms with Crippen molar-refractivity contribution in [2.75, 3.05) is 6.61 Å². The zero-order valence-corrected chi connectivity index (χ0v) is 10.7. The smallest absolute Gasteiger partial charge is 0.350 e. The highest BCUT2D eigenvalue weighted by Crippen LogP contribution is 2.41. The summed E-state index contributed by atoms with van der Waals surface area (Å²) in [6, 6.07) is 8.25. The van der Waals surface area contributed by atoms with Crippen LogP contribution in [0.3, 0.4) is 0 Å². The van der Waals surface area contributed by atoms with Gasteiger partial charge in [-0.25, -0.2) is 4.79 Å². The Labute approximate surface area is 110 Å². The quantitative estimate of drug-likeness (QED) is 0.344. The molecule has 0 bridgehead atoms. The first-order valence-corrected chi connectivity index (χ1v) is 5.99. The van der Waals surface area contributed by atoms with E-state index in [0.717, 1.165) is 0 Å². The molecule has 2 rings (SSSR count). The van der Waals surface area contributed by atoms with Gasteiger partial charge < -0.3 is 9.47 Å². The van der Waals surface area contributed by atoms with Gasteiger partial charge in [0.15, 0.2) is 11.9 Å². The summed E-state index contributed by atoms with van der Waals surface area (Å²) in [6.07, 6.45) is -1.04. The number of ketones is 2. The molecule has 1 aromatic carbocycles. The number of carbonyl (C=O) groups excluding carboxylic acids is 3. The van der Waals surface area contributed by atoms with Crippen molar-refractivity contribution < 1.29 is 23.9 Å². The van der Waals surface area contributed by atoms with Gasteiger partial charge in [0.1, 0.15) is 0 Å². The van der Waals surface area contributed by atoms with Crippen molar-refractivity contribution in [3.8, 4) is 0 Å². The number of Topliss-reactive ketones (excluding diaryl/α,β-unsaturated/α-hetero) is 2. The van der Waals surface area contributed by atoms with E-state index in [1.54, 1.807) is 37.3 Å². The zero-order valence-electron chi connectivity index (χ0n) is 10.7. The molecule has 1 aliphatic heterocycles. The fourth-order valence-electron chi connectivity index (χ4n) is 1.98. The van der Waals surface area contributed by atoms with Crippen molar-refractivity contribution in [1.82, 2.24) is 0 Å². The first kappa shape index (κ1) is 13.4. The lowest BCUT2D eigenvalue weighted by atomic mass is 9.93. The standard InChI is InChI=1S/C14H14O5/c1-3-18-13(17)14(12(19-14)9(2)15)11(16)10-7-5-4-6-8-10/h4-8,12H,3H2,1-2H3/t12-,14-/m0/s1. The van der Waals surface area contributed by atoms with Gasteiger partial charge in [0.2, 0.25) is 5.78 Å². The van der Waals surface area contributed by atoms with Crippen molar-refractivity contribution >= 4 is 17.5 Å². The number of carbonyl (C=O) groups is 3. The zero-order chi connectivity index (χ0) is 14.0. The molecule has 1 heterocycles. The number of esters is 1. The van der Waals surface area contributed by atoms with E-state index < -0.39 is 23.5 Å². The molecule has 0 unspecified atom stereocenters. The first-order valence-electron chi connectivity index (χ1n) is 5.99. The Morgan fingerprint density at radius 2 is 1.89 bits per heavy atom. The van der Waals surface area contributed by atoms with E-state index in [9.17, 15) is 14.4 Å². The third-order valence-electron chi connectivity index (χ3n) is 2.94. The summed E-state index contributed by atoms with van der Waals surface area (Å²) in [5.41, 5.74) is -1.47. The van der Waals surface area contributed by atoms with Crippen LogP contribution in [0, 0.1) is 0 Å². The van der Waals surface area contributed by atoms with E-state index in [-0.39, 0.29) is 12.4 Å². The summed E-state index contributed by atoms with van der Waals surface area (Å²) < 4.78 is 9.98. The highest BCUT2D eigenvalue weighted by Gasteiger charge is 2.71. The van der Waals surface area contributed by atoms with Gasteiger partial charge in [0, 0.05) is 5.56 Å². The Morgan fingerprint density at radius 3 is 2.37 bits per heavy atom. The number of hydrogen-bond donors (Lipinski definition) is 0. The third kappa shape index (κ3) is 2.17. The number of epoxide rings is 1. The highest BCUT2D eigenvalue weighted by atomic mass is 16.7. The van der Waals surface area contributed by atoms with Gasteiger partial charge >= 0.3 is 5.97 Å². The second-order valence-electron chi connectivity index (χ2n) is 4.26. The molecule has 0 N–H and O–H groups in total. The SMILES string of the molecule is CCOC(=O)[C@@]1(C(=O)c2ccccc2)O[C@H]1C(C)=O. The van der Waals surface area contributed by atoms with E-state index in [4.69, 9.17) is 9.47 Å².